The molecule has 216 valence electrons. The number of rotatable bonds is 4. The molecule has 0 saturated carbocycles. The summed E-state index contributed by atoms with van der Waals surface area (Å²) < 4.78 is 5.07. The topological polar surface area (TPSA) is 9.86 Å². The molecule has 0 fully saturated rings. The minimum Gasteiger partial charge on any atom is -0.341 e. The van der Waals surface area contributed by atoms with Gasteiger partial charge in [-0.25, -0.2) is 0 Å². The van der Waals surface area contributed by atoms with Crippen molar-refractivity contribution in [1.82, 2.24) is 9.13 Å². The van der Waals surface area contributed by atoms with Crippen molar-refractivity contribution in [1.29, 1.82) is 0 Å². The molecule has 2 heteroatoms. The van der Waals surface area contributed by atoms with Crippen LogP contribution in [0.5, 0.6) is 0 Å². The molecule has 0 saturated heterocycles. The van der Waals surface area contributed by atoms with Gasteiger partial charge in [0.25, 0.3) is 0 Å². The van der Waals surface area contributed by atoms with E-state index in [0.717, 1.165) is 32.4 Å². The zero-order valence-corrected chi connectivity index (χ0v) is 25.8. The zero-order chi connectivity index (χ0) is 29.8. The van der Waals surface area contributed by atoms with Gasteiger partial charge in [-0.15, -0.1) is 0 Å². The summed E-state index contributed by atoms with van der Waals surface area (Å²) >= 11 is 0. The van der Waals surface area contributed by atoms with E-state index < -0.39 is 0 Å². The summed E-state index contributed by atoms with van der Waals surface area (Å²) in [5.74, 6) is 0. The lowest BCUT2D eigenvalue weighted by atomic mass is 9.96. The van der Waals surface area contributed by atoms with Crippen LogP contribution in [0.4, 0.5) is 0 Å². The zero-order valence-electron chi connectivity index (χ0n) is 25.8. The minimum atomic E-state index is 0.910. The molecule has 0 bridgehead atoms. The number of aromatic nitrogens is 2. The average Bonchev–Trinajstić information content (AvgIpc) is 3.81. The maximum atomic E-state index is 2.56. The first-order valence-electron chi connectivity index (χ1n) is 16.5. The molecule has 45 heavy (non-hydrogen) atoms. The van der Waals surface area contributed by atoms with E-state index in [1.807, 2.05) is 0 Å². The molecule has 0 unspecified atom stereocenters. The monoisotopic (exact) mass is 578 g/mol. The number of hydrogen-bond acceptors (Lipinski definition) is 0. The lowest BCUT2D eigenvalue weighted by Gasteiger charge is -2.10. The van der Waals surface area contributed by atoms with Crippen LogP contribution >= 0.6 is 0 Å². The standard InChI is InChI=1S/C43H34N2/c1-3-44-36-19-16-26(23-35(36)42-37(44)20-17-30-25-28-11-6-8-14-33(28)40(30)42)22-31-12-9-15-34-41-38(45(4-2)43(31)34)21-18-29-24-27-10-5-7-13-32(27)39(29)41/h5-21,23H,3-4,22,24-25H2,1-2H3. The second kappa shape index (κ2) is 9.22. The third-order valence-electron chi connectivity index (χ3n) is 10.8. The van der Waals surface area contributed by atoms with Crippen LogP contribution in [0.3, 0.4) is 0 Å². The van der Waals surface area contributed by atoms with Crippen molar-refractivity contribution in [3.63, 3.8) is 0 Å². The Bertz CT molecular complexity index is 2540. The van der Waals surface area contributed by atoms with Crippen LogP contribution in [-0.4, -0.2) is 9.13 Å². The van der Waals surface area contributed by atoms with E-state index >= 15 is 0 Å². The highest BCUT2D eigenvalue weighted by molar-refractivity contribution is 6.18. The van der Waals surface area contributed by atoms with Gasteiger partial charge in [0.1, 0.15) is 0 Å². The first-order chi connectivity index (χ1) is 22.2. The van der Waals surface area contributed by atoms with Gasteiger partial charge in [-0.3, -0.25) is 0 Å². The predicted molar refractivity (Wildman–Crippen MR) is 190 cm³/mol. The summed E-state index contributed by atoms with van der Waals surface area (Å²) in [7, 11) is 0. The summed E-state index contributed by atoms with van der Waals surface area (Å²) in [5, 5.41) is 5.62. The Morgan fingerprint density at radius 2 is 1.11 bits per heavy atom. The largest absolute Gasteiger partial charge is 0.341 e. The molecule has 2 heterocycles. The lowest BCUT2D eigenvalue weighted by molar-refractivity contribution is 0.822. The van der Waals surface area contributed by atoms with Gasteiger partial charge in [0, 0.05) is 51.2 Å². The van der Waals surface area contributed by atoms with Gasteiger partial charge in [-0.1, -0.05) is 84.9 Å². The van der Waals surface area contributed by atoms with Crippen molar-refractivity contribution < 1.29 is 0 Å². The van der Waals surface area contributed by atoms with Crippen LogP contribution in [0, 0.1) is 0 Å². The Hall–Kier alpha value is -5.08. The minimum absolute atomic E-state index is 0.910. The predicted octanol–water partition coefficient (Wildman–Crippen LogP) is 10.7. The number of aryl methyl sites for hydroxylation is 2. The molecule has 2 aliphatic carbocycles. The molecule has 10 rings (SSSR count). The average molecular weight is 579 g/mol. The van der Waals surface area contributed by atoms with E-state index in [2.05, 4.69) is 132 Å². The second-order valence-corrected chi connectivity index (χ2v) is 13.0. The fraction of sp³-hybridized carbons (Fsp3) is 0.163. The fourth-order valence-corrected chi connectivity index (χ4v) is 8.94. The Balaban J connectivity index is 1.19. The summed E-state index contributed by atoms with van der Waals surface area (Å²) in [6.07, 6.45) is 2.96. The number of benzene rings is 6. The Labute approximate surface area is 263 Å². The SMILES string of the molecule is CCn1c2ccc(Cc3cccc4c5c6c(ccc5n(CC)c34)Cc3ccccc3-6)cc2c2c3c(ccc21)Cc1ccccc1-3. The van der Waals surface area contributed by atoms with Crippen molar-refractivity contribution in [2.24, 2.45) is 0 Å². The highest BCUT2D eigenvalue weighted by atomic mass is 15.0. The lowest BCUT2D eigenvalue weighted by Crippen LogP contribution is -1.98. The molecule has 0 radical (unpaired) electrons. The quantitative estimate of drug-likeness (QED) is 0.197. The summed E-state index contributed by atoms with van der Waals surface area (Å²) in [6.45, 7) is 6.48. The van der Waals surface area contributed by atoms with Crippen LogP contribution in [0.25, 0.3) is 65.9 Å². The molecule has 0 N–H and O–H groups in total. The van der Waals surface area contributed by atoms with Crippen LogP contribution in [0.15, 0.2) is 109 Å². The third kappa shape index (κ3) is 3.35. The van der Waals surface area contributed by atoms with Gasteiger partial charge in [0.15, 0.2) is 0 Å². The summed E-state index contributed by atoms with van der Waals surface area (Å²) in [6, 6.07) is 41.7. The normalized spacial score (nSPS) is 13.2. The van der Waals surface area contributed by atoms with Crippen LogP contribution in [-0.2, 0) is 32.4 Å². The van der Waals surface area contributed by atoms with Gasteiger partial charge in [0.2, 0.25) is 0 Å². The fourth-order valence-electron chi connectivity index (χ4n) is 8.94. The highest BCUT2D eigenvalue weighted by Gasteiger charge is 2.26. The third-order valence-corrected chi connectivity index (χ3v) is 10.8. The number of nitrogens with zero attached hydrogens (tertiary/aromatic N) is 2. The highest BCUT2D eigenvalue weighted by Crippen LogP contribution is 2.47. The van der Waals surface area contributed by atoms with Gasteiger partial charge < -0.3 is 9.13 Å². The number of fused-ring (bicyclic) bond motifs is 14. The maximum absolute atomic E-state index is 2.56. The van der Waals surface area contributed by atoms with E-state index in [9.17, 15) is 0 Å². The second-order valence-electron chi connectivity index (χ2n) is 13.0. The van der Waals surface area contributed by atoms with E-state index in [1.54, 1.807) is 0 Å². The molecule has 0 aliphatic heterocycles. The van der Waals surface area contributed by atoms with Gasteiger partial charge >= 0.3 is 0 Å². The molecular formula is C43H34N2. The first-order valence-corrected chi connectivity index (χ1v) is 16.5. The van der Waals surface area contributed by atoms with Crippen LogP contribution in [0.1, 0.15) is 47.2 Å². The van der Waals surface area contributed by atoms with E-state index in [4.69, 9.17) is 0 Å². The Morgan fingerprint density at radius 1 is 0.511 bits per heavy atom. The Kier molecular flexibility index (Phi) is 5.18. The van der Waals surface area contributed by atoms with E-state index in [-0.39, 0.29) is 0 Å². The van der Waals surface area contributed by atoms with Gasteiger partial charge in [-0.05, 0) is 113 Å². The molecule has 0 spiro atoms. The molecule has 8 aromatic rings. The van der Waals surface area contributed by atoms with Crippen molar-refractivity contribution in [3.05, 3.63) is 143 Å². The molecule has 2 nitrogen and oxygen atoms in total. The molecule has 0 amide bonds. The van der Waals surface area contributed by atoms with Crippen molar-refractivity contribution >= 4 is 43.6 Å². The summed E-state index contributed by atoms with van der Waals surface area (Å²) in [5.41, 5.74) is 19.7. The van der Waals surface area contributed by atoms with Gasteiger partial charge in [0.05, 0.1) is 5.52 Å². The smallest absolute Gasteiger partial charge is 0.0527 e. The van der Waals surface area contributed by atoms with Gasteiger partial charge in [-0.2, -0.15) is 0 Å². The molecule has 6 aromatic carbocycles. The van der Waals surface area contributed by atoms with E-state index in [0.29, 0.717) is 0 Å². The number of hydrogen-bond donors (Lipinski definition) is 0. The van der Waals surface area contributed by atoms with Crippen LogP contribution in [0.2, 0.25) is 0 Å². The Morgan fingerprint density at radius 3 is 1.78 bits per heavy atom. The number of para-hydroxylation sites is 1. The summed E-state index contributed by atoms with van der Waals surface area (Å²) in [4.78, 5) is 0. The molecule has 0 atom stereocenters. The maximum Gasteiger partial charge on any atom is 0.0527 e. The first kappa shape index (κ1) is 25.3. The van der Waals surface area contributed by atoms with Crippen molar-refractivity contribution in [2.45, 2.75) is 46.2 Å². The molecule has 2 aliphatic rings. The molecule has 2 aromatic heterocycles. The van der Waals surface area contributed by atoms with Crippen LogP contribution < -0.4 is 0 Å². The van der Waals surface area contributed by atoms with Crippen molar-refractivity contribution in [3.8, 4) is 22.3 Å². The van der Waals surface area contributed by atoms with Crippen molar-refractivity contribution in [2.75, 3.05) is 0 Å². The molecular weight excluding hydrogens is 544 g/mol. The van der Waals surface area contributed by atoms with E-state index in [1.165, 1.54) is 99.2 Å².